The van der Waals surface area contributed by atoms with E-state index in [1.807, 2.05) is 53.4 Å². The number of anilines is 1. The van der Waals surface area contributed by atoms with Crippen molar-refractivity contribution in [3.63, 3.8) is 0 Å². The van der Waals surface area contributed by atoms with Crippen molar-refractivity contribution in [2.75, 3.05) is 12.4 Å². The van der Waals surface area contributed by atoms with E-state index >= 15 is 0 Å². The van der Waals surface area contributed by atoms with Gasteiger partial charge in [0.15, 0.2) is 23.1 Å². The molecule has 178 valence electrons. The maximum Gasteiger partial charge on any atom is 0.288 e. The Morgan fingerprint density at radius 2 is 1.29 bits per heavy atom. The largest absolute Gasteiger partial charge is 0.502 e. The normalized spacial score (nSPS) is 12.7. The molecule has 0 bridgehead atoms. The summed E-state index contributed by atoms with van der Waals surface area (Å²) < 4.78 is 7.11. The van der Waals surface area contributed by atoms with E-state index in [2.05, 4.69) is 71.1 Å². The van der Waals surface area contributed by atoms with Crippen LogP contribution in [0.3, 0.4) is 0 Å². The maximum absolute atomic E-state index is 11.4. The first-order valence-corrected chi connectivity index (χ1v) is 11.8. The Hall–Kier alpha value is -3.18. The minimum absolute atomic E-state index is 0.0235. The molecule has 0 aliphatic carbocycles. The zero-order valence-corrected chi connectivity index (χ0v) is 22.0. The third kappa shape index (κ3) is 6.03. The van der Waals surface area contributed by atoms with E-state index in [1.54, 1.807) is 7.11 Å². The highest BCUT2D eigenvalue weighted by Gasteiger charge is 2.25. The molecule has 0 aliphatic heterocycles. The molecule has 0 atom stereocenters. The number of aromatic nitrogens is 1. The smallest absolute Gasteiger partial charge is 0.288 e. The number of aliphatic hydroxyl groups excluding tert-OH is 1. The number of methoxy groups -OCH3 is 1. The molecule has 34 heavy (non-hydrogen) atoms. The molecule has 0 aliphatic rings. The van der Waals surface area contributed by atoms with Gasteiger partial charge in [-0.3, -0.25) is 0 Å². The van der Waals surface area contributed by atoms with Crippen LogP contribution in [0.2, 0.25) is 0 Å². The van der Waals surface area contributed by atoms with Gasteiger partial charge in [-0.15, -0.1) is 0 Å². The van der Waals surface area contributed by atoms with Crippen molar-refractivity contribution in [3.8, 4) is 5.75 Å². The summed E-state index contributed by atoms with van der Waals surface area (Å²) in [6.45, 7) is 13.0. The van der Waals surface area contributed by atoms with Crippen molar-refractivity contribution in [1.82, 2.24) is 0 Å². The third-order valence-corrected chi connectivity index (χ3v) is 6.06. The van der Waals surface area contributed by atoms with Crippen LogP contribution in [0.1, 0.15) is 58.2 Å². The minimum Gasteiger partial charge on any atom is -0.502 e. The lowest BCUT2D eigenvalue weighted by Gasteiger charge is -2.19. The van der Waals surface area contributed by atoms with Crippen LogP contribution in [0.4, 0.5) is 5.69 Å². The molecule has 0 unspecified atom stereocenters. The molecular weight excluding hydrogens is 440 g/mol. The molecule has 3 rings (SSSR count). The molecule has 4 nitrogen and oxygen atoms in total. The zero-order valence-electron chi connectivity index (χ0n) is 21.1. The first-order valence-electron chi connectivity index (χ1n) is 11.4. The van der Waals surface area contributed by atoms with Gasteiger partial charge in [0.05, 0.1) is 7.11 Å². The monoisotopic (exact) mass is 475 g/mol. The molecule has 1 aromatic heterocycles. The van der Waals surface area contributed by atoms with Crippen LogP contribution >= 0.6 is 12.2 Å². The Bertz CT molecular complexity index is 1170. The summed E-state index contributed by atoms with van der Waals surface area (Å²) in [5, 5.41) is 14.7. The van der Waals surface area contributed by atoms with Crippen LogP contribution in [-0.2, 0) is 10.8 Å². The van der Waals surface area contributed by atoms with E-state index in [0.717, 1.165) is 11.4 Å². The lowest BCUT2D eigenvalue weighted by Crippen LogP contribution is -2.39. The summed E-state index contributed by atoms with van der Waals surface area (Å²) in [5.74, 6) is 0.876. The molecule has 0 amide bonds. The summed E-state index contributed by atoms with van der Waals surface area (Å²) >= 11 is 5.79. The molecular formula is C29H35N2O2S+. The SMILES string of the molecule is COc1ccc(NC(=S)/C(=C(\O)c2ccc(C(C)(C)C)cc2)[n+]2ccc(C(C)(C)C)cc2)cc1. The lowest BCUT2D eigenvalue weighted by molar-refractivity contribution is -0.575. The predicted octanol–water partition coefficient (Wildman–Crippen LogP) is 6.90. The van der Waals surface area contributed by atoms with Gasteiger partial charge in [0.25, 0.3) is 5.70 Å². The summed E-state index contributed by atoms with van der Waals surface area (Å²) in [6.07, 6.45) is 3.88. The Kier molecular flexibility index (Phi) is 7.47. The predicted molar refractivity (Wildman–Crippen MR) is 145 cm³/mol. The number of rotatable bonds is 5. The van der Waals surface area contributed by atoms with Crippen molar-refractivity contribution >= 4 is 34.3 Å². The van der Waals surface area contributed by atoms with Crippen LogP contribution in [0, 0.1) is 0 Å². The van der Waals surface area contributed by atoms with E-state index in [0.29, 0.717) is 16.2 Å². The van der Waals surface area contributed by atoms with Crippen molar-refractivity contribution < 1.29 is 14.4 Å². The Morgan fingerprint density at radius 1 is 0.794 bits per heavy atom. The molecule has 2 aromatic carbocycles. The average Bonchev–Trinajstić information content (AvgIpc) is 2.79. The van der Waals surface area contributed by atoms with Crippen molar-refractivity contribution in [2.45, 2.75) is 52.4 Å². The van der Waals surface area contributed by atoms with Crippen molar-refractivity contribution in [3.05, 3.63) is 89.7 Å². The summed E-state index contributed by atoms with van der Waals surface area (Å²) in [7, 11) is 1.63. The fourth-order valence-electron chi connectivity index (χ4n) is 3.55. The average molecular weight is 476 g/mol. The van der Waals surface area contributed by atoms with Gasteiger partial charge in [-0.2, -0.15) is 4.57 Å². The van der Waals surface area contributed by atoms with Gasteiger partial charge in [0.2, 0.25) is 0 Å². The second-order valence-corrected chi connectivity index (χ2v) is 10.9. The molecule has 1 heterocycles. The number of hydrogen-bond donors (Lipinski definition) is 2. The molecule has 5 heteroatoms. The van der Waals surface area contributed by atoms with Gasteiger partial charge < -0.3 is 15.2 Å². The van der Waals surface area contributed by atoms with Gasteiger partial charge in [-0.05, 0) is 46.2 Å². The Morgan fingerprint density at radius 3 is 1.76 bits per heavy atom. The third-order valence-electron chi connectivity index (χ3n) is 5.77. The molecule has 0 fully saturated rings. The standard InChI is InChI=1S/C29H34N2O2S/c1-28(2,3)21-10-8-20(9-11-21)26(32)25(31-18-16-22(17-19-31)29(4,5)6)27(34)30-23-12-14-24(33-7)15-13-23/h8-19H,1-7H3,(H-,30,32,34)/p+1. The fourth-order valence-corrected chi connectivity index (χ4v) is 3.87. The quantitative estimate of drug-likeness (QED) is 0.182. The van der Waals surface area contributed by atoms with E-state index in [9.17, 15) is 5.11 Å². The maximum atomic E-state index is 11.4. The molecule has 0 saturated heterocycles. The van der Waals surface area contributed by atoms with Gasteiger partial charge in [0.1, 0.15) is 5.75 Å². The highest BCUT2D eigenvalue weighted by atomic mass is 32.1. The highest BCUT2D eigenvalue weighted by Crippen LogP contribution is 2.26. The first kappa shape index (κ1) is 25.4. The Balaban J connectivity index is 2.05. The van der Waals surface area contributed by atoms with Crippen LogP contribution < -0.4 is 14.6 Å². The topological polar surface area (TPSA) is 45.4 Å². The number of aliphatic hydroxyl groups is 1. The second kappa shape index (κ2) is 9.98. The number of ether oxygens (including phenoxy) is 1. The zero-order chi connectivity index (χ0) is 25.1. The first-order chi connectivity index (χ1) is 15.9. The summed E-state index contributed by atoms with van der Waals surface area (Å²) in [5.41, 5.74) is 4.48. The number of nitrogens with zero attached hydrogens (tertiary/aromatic N) is 1. The molecule has 0 saturated carbocycles. The van der Waals surface area contributed by atoms with Crippen LogP contribution in [-0.4, -0.2) is 17.2 Å². The fraction of sp³-hybridized carbons (Fsp3) is 0.310. The number of thiocarbonyl (C=S) groups is 1. The van der Waals surface area contributed by atoms with Gasteiger partial charge >= 0.3 is 0 Å². The van der Waals surface area contributed by atoms with Crippen LogP contribution in [0.25, 0.3) is 11.5 Å². The molecule has 0 spiro atoms. The minimum atomic E-state index is 0.0235. The van der Waals surface area contributed by atoms with Gasteiger partial charge in [0, 0.05) is 23.4 Å². The number of pyridine rings is 1. The second-order valence-electron chi connectivity index (χ2n) is 10.5. The van der Waals surface area contributed by atoms with E-state index in [-0.39, 0.29) is 16.6 Å². The van der Waals surface area contributed by atoms with Crippen LogP contribution in [0.5, 0.6) is 5.75 Å². The number of hydrogen-bond acceptors (Lipinski definition) is 3. The van der Waals surface area contributed by atoms with E-state index < -0.39 is 0 Å². The number of nitrogens with one attached hydrogen (secondary N) is 1. The summed E-state index contributed by atoms with van der Waals surface area (Å²) in [6, 6.07) is 19.6. The van der Waals surface area contributed by atoms with Gasteiger partial charge in [-0.1, -0.05) is 78.0 Å². The van der Waals surface area contributed by atoms with Gasteiger partial charge in [-0.25, -0.2) is 0 Å². The lowest BCUT2D eigenvalue weighted by atomic mass is 9.86. The van der Waals surface area contributed by atoms with E-state index in [1.165, 1.54) is 11.1 Å². The molecule has 0 radical (unpaired) electrons. The summed E-state index contributed by atoms with van der Waals surface area (Å²) in [4.78, 5) is 0.413. The number of benzene rings is 2. The van der Waals surface area contributed by atoms with Crippen molar-refractivity contribution in [1.29, 1.82) is 0 Å². The molecule has 2 N–H and O–H groups in total. The molecule has 3 aromatic rings. The van der Waals surface area contributed by atoms with E-state index in [4.69, 9.17) is 17.0 Å². The Labute approximate surface area is 208 Å². The highest BCUT2D eigenvalue weighted by molar-refractivity contribution is 7.81. The van der Waals surface area contributed by atoms with Crippen LogP contribution in [0.15, 0.2) is 73.1 Å². The van der Waals surface area contributed by atoms with Crippen molar-refractivity contribution in [2.24, 2.45) is 0 Å².